The van der Waals surface area contributed by atoms with E-state index >= 15 is 0 Å². The summed E-state index contributed by atoms with van der Waals surface area (Å²) >= 11 is -1.27. The maximum atomic E-state index is 2.32. The summed E-state index contributed by atoms with van der Waals surface area (Å²) in [5.41, 5.74) is 0. The van der Waals surface area contributed by atoms with Gasteiger partial charge in [0.2, 0.25) is 0 Å². The molecule has 0 fully saturated rings. The second-order valence-electron chi connectivity index (χ2n) is 12.5. The minimum absolute atomic E-state index is 1.27. The van der Waals surface area contributed by atoms with Gasteiger partial charge in [-0.15, -0.1) is 0 Å². The van der Waals surface area contributed by atoms with Gasteiger partial charge in [-0.25, -0.2) is 0 Å². The van der Waals surface area contributed by atoms with Gasteiger partial charge >= 0.3 is 248 Å². The van der Waals surface area contributed by atoms with Crippen molar-refractivity contribution in [1.82, 2.24) is 0 Å². The summed E-state index contributed by atoms with van der Waals surface area (Å²) in [6.07, 6.45) is 45.0. The van der Waals surface area contributed by atoms with Gasteiger partial charge in [0.05, 0.1) is 0 Å². The molecule has 0 nitrogen and oxygen atoms in total. The van der Waals surface area contributed by atoms with Crippen molar-refractivity contribution in [3.05, 3.63) is 0 Å². The molecule has 0 amide bonds. The van der Waals surface area contributed by atoms with Gasteiger partial charge in [-0.3, -0.25) is 0 Å². The van der Waals surface area contributed by atoms with Crippen LogP contribution in [0.15, 0.2) is 0 Å². The zero-order valence-electron chi connectivity index (χ0n) is 26.8. The summed E-state index contributed by atoms with van der Waals surface area (Å²) in [4.78, 5) is 0. The molecule has 0 aliphatic heterocycles. The molecule has 0 N–H and O–H groups in total. The van der Waals surface area contributed by atoms with Crippen LogP contribution in [0.2, 0.25) is 11.9 Å². The second-order valence-corrected chi connectivity index (χ2v) is 24.2. The Balaban J connectivity index is 3.87. The fourth-order valence-corrected chi connectivity index (χ4v) is 17.6. The van der Waals surface area contributed by atoms with Crippen molar-refractivity contribution in [3.8, 4) is 0 Å². The van der Waals surface area contributed by atoms with Crippen molar-refractivity contribution in [2.75, 3.05) is 0 Å². The van der Waals surface area contributed by atoms with Gasteiger partial charge in [-0.1, -0.05) is 0 Å². The first-order valence-corrected chi connectivity index (χ1v) is 26.4. The van der Waals surface area contributed by atoms with E-state index in [-0.39, 0.29) is 0 Å². The zero-order chi connectivity index (χ0) is 26.9. The first kappa shape index (κ1) is 37.9. The van der Waals surface area contributed by atoms with Gasteiger partial charge in [0.1, 0.15) is 0 Å². The zero-order valence-corrected chi connectivity index (χ0v) is 30.7. The van der Waals surface area contributed by atoms with E-state index in [1.54, 1.807) is 50.5 Å². The molecule has 0 rings (SSSR count). The monoisotopic (exact) mass is 716 g/mol. The Morgan fingerprint density at radius 3 is 0.568 bits per heavy atom. The van der Waals surface area contributed by atoms with Crippen molar-refractivity contribution in [2.24, 2.45) is 0 Å². The molecule has 1 heteroatoms. The molecule has 0 saturated heterocycles. The van der Waals surface area contributed by atoms with E-state index in [1.807, 2.05) is 0 Å². The van der Waals surface area contributed by atoms with Crippen LogP contribution in [0.5, 0.6) is 0 Å². The van der Waals surface area contributed by atoms with E-state index in [0.717, 1.165) is 0 Å². The molecule has 0 spiro atoms. The first-order valence-electron chi connectivity index (χ1n) is 18.2. The Morgan fingerprint density at radius 2 is 0.378 bits per heavy atom. The summed E-state index contributed by atoms with van der Waals surface area (Å²) < 4.78 is 5.24. The topological polar surface area (TPSA) is 0 Å². The van der Waals surface area contributed by atoms with Crippen LogP contribution in [0, 0.1) is 0 Å². The first-order chi connectivity index (χ1) is 18.3. The molecule has 0 heterocycles. The standard InChI is InChI=1S/3C12H25.Pb/c3*1-3-5-7-9-11-12-10-8-6-4-2;/h3*1,3-12H2,2H3;. The van der Waals surface area contributed by atoms with E-state index in [2.05, 4.69) is 20.8 Å². The molecule has 0 aromatic rings. The third kappa shape index (κ3) is 33.0. The normalized spacial score (nSPS) is 11.7. The van der Waals surface area contributed by atoms with Crippen LogP contribution in [-0.2, 0) is 0 Å². The van der Waals surface area contributed by atoms with Crippen LogP contribution in [-0.4, -0.2) is 22.7 Å². The van der Waals surface area contributed by atoms with Crippen LogP contribution >= 0.6 is 0 Å². The van der Waals surface area contributed by atoms with Gasteiger partial charge in [-0.2, -0.15) is 0 Å². The number of hydrogen-bond acceptors (Lipinski definition) is 0. The van der Waals surface area contributed by atoms with Crippen molar-refractivity contribution < 1.29 is 0 Å². The van der Waals surface area contributed by atoms with Crippen LogP contribution in [0.25, 0.3) is 0 Å². The molecule has 0 saturated carbocycles. The second kappa shape index (κ2) is 34.9. The third-order valence-corrected chi connectivity index (χ3v) is 21.0. The van der Waals surface area contributed by atoms with Crippen molar-refractivity contribution in [3.63, 3.8) is 0 Å². The summed E-state index contributed by atoms with van der Waals surface area (Å²) in [5, 5.41) is 0. The number of unbranched alkanes of at least 4 members (excludes halogenated alkanes) is 27. The molecule has 0 atom stereocenters. The Kier molecular flexibility index (Phi) is 35.8. The third-order valence-electron chi connectivity index (χ3n) is 8.65. The van der Waals surface area contributed by atoms with Gasteiger partial charge in [0.15, 0.2) is 0 Å². The molecular formula is C36H75Pb. The summed E-state index contributed by atoms with van der Waals surface area (Å²) in [6, 6.07) is 0. The van der Waals surface area contributed by atoms with Crippen molar-refractivity contribution >= 4 is 22.7 Å². The van der Waals surface area contributed by atoms with Gasteiger partial charge in [0.25, 0.3) is 0 Å². The molecule has 0 aliphatic rings. The molecule has 37 heavy (non-hydrogen) atoms. The molecule has 0 aromatic heterocycles. The Morgan fingerprint density at radius 1 is 0.216 bits per heavy atom. The van der Waals surface area contributed by atoms with Crippen LogP contribution in [0.1, 0.15) is 213 Å². The fraction of sp³-hybridized carbons (Fsp3) is 1.00. The molecule has 0 aliphatic carbocycles. The summed E-state index contributed by atoms with van der Waals surface area (Å²) in [6.45, 7) is 6.97. The van der Waals surface area contributed by atoms with Crippen molar-refractivity contribution in [2.45, 2.75) is 225 Å². The molecular weight excluding hydrogens is 640 g/mol. The molecule has 0 unspecified atom stereocenters. The number of rotatable bonds is 33. The predicted molar refractivity (Wildman–Crippen MR) is 176 cm³/mol. The van der Waals surface area contributed by atoms with E-state index in [0.29, 0.717) is 0 Å². The molecule has 223 valence electrons. The van der Waals surface area contributed by atoms with Gasteiger partial charge in [0, 0.05) is 0 Å². The molecule has 0 bridgehead atoms. The fourth-order valence-electron chi connectivity index (χ4n) is 5.96. The maximum absolute atomic E-state index is 2.32. The summed E-state index contributed by atoms with van der Waals surface area (Å²) in [5.74, 6) is 0. The van der Waals surface area contributed by atoms with E-state index in [4.69, 9.17) is 0 Å². The van der Waals surface area contributed by atoms with Crippen LogP contribution in [0.3, 0.4) is 0 Å². The van der Waals surface area contributed by atoms with Crippen LogP contribution in [0.4, 0.5) is 0 Å². The van der Waals surface area contributed by atoms with Gasteiger partial charge < -0.3 is 0 Å². The predicted octanol–water partition coefficient (Wildman–Crippen LogP) is 14.2. The van der Waals surface area contributed by atoms with Crippen LogP contribution < -0.4 is 0 Å². The minimum atomic E-state index is -1.27. The van der Waals surface area contributed by atoms with E-state index < -0.39 is 22.7 Å². The van der Waals surface area contributed by atoms with Crippen molar-refractivity contribution in [1.29, 1.82) is 0 Å². The summed E-state index contributed by atoms with van der Waals surface area (Å²) in [7, 11) is 0. The molecule has 1 radical (unpaired) electrons. The Hall–Kier alpha value is 0.922. The van der Waals surface area contributed by atoms with Gasteiger partial charge in [-0.05, 0) is 0 Å². The average molecular weight is 715 g/mol. The number of hydrogen-bond donors (Lipinski definition) is 0. The van der Waals surface area contributed by atoms with E-state index in [1.165, 1.54) is 154 Å². The molecule has 0 aromatic carbocycles. The SMILES string of the molecule is CCCCCCCCCCC[CH2][Pb]([CH2]CCCCCCCCCCC)[CH2]CCCCCCCCCCC. The Labute approximate surface area is 246 Å². The average Bonchev–Trinajstić information content (AvgIpc) is 2.91. The Bertz CT molecular complexity index is 322. The quantitative estimate of drug-likeness (QED) is 0.0469. The van der Waals surface area contributed by atoms with E-state index in [9.17, 15) is 0 Å².